The zero-order valence-electron chi connectivity index (χ0n) is 10.7. The number of aliphatic hydroxyl groups is 1. The molecule has 2 aromatic rings. The molecule has 0 amide bonds. The van der Waals surface area contributed by atoms with Crippen molar-refractivity contribution in [2.24, 2.45) is 0 Å². The van der Waals surface area contributed by atoms with E-state index in [4.69, 9.17) is 14.9 Å². The van der Waals surface area contributed by atoms with Crippen LogP contribution in [0.4, 0.5) is 5.69 Å². The van der Waals surface area contributed by atoms with Gasteiger partial charge in [0.15, 0.2) is 0 Å². The van der Waals surface area contributed by atoms with Crippen LogP contribution < -0.4 is 4.74 Å². The van der Waals surface area contributed by atoms with E-state index in [-0.39, 0.29) is 12.4 Å². The van der Waals surface area contributed by atoms with Crippen molar-refractivity contribution < 1.29 is 24.7 Å². The average molecular weight is 289 g/mol. The van der Waals surface area contributed by atoms with E-state index in [0.29, 0.717) is 11.3 Å². The number of aromatic carboxylic acids is 1. The van der Waals surface area contributed by atoms with E-state index in [0.717, 1.165) is 12.1 Å². The summed E-state index contributed by atoms with van der Waals surface area (Å²) in [6, 6.07) is 10.0. The van der Waals surface area contributed by atoms with Crippen molar-refractivity contribution in [2.75, 3.05) is 0 Å². The van der Waals surface area contributed by atoms with Crippen LogP contribution in [-0.2, 0) is 6.61 Å². The minimum atomic E-state index is -1.40. The van der Waals surface area contributed by atoms with Crippen molar-refractivity contribution in [3.8, 4) is 11.5 Å². The molecule has 0 saturated heterocycles. The molecule has 108 valence electrons. The molecule has 0 spiro atoms. The summed E-state index contributed by atoms with van der Waals surface area (Å²) in [5, 5.41) is 28.7. The number of ether oxygens (including phenoxy) is 1. The van der Waals surface area contributed by atoms with Gasteiger partial charge in [-0.05, 0) is 23.8 Å². The topological polar surface area (TPSA) is 110 Å². The standard InChI is InChI=1S/C14H11NO6/c16-8-9-1-3-10(4-2-9)21-11-5-6-13(15(19)20)12(7-11)14(17)18/h1-7,16H,8H2,(H,17,18). The smallest absolute Gasteiger partial charge is 0.342 e. The molecule has 2 rings (SSSR count). The van der Waals surface area contributed by atoms with Gasteiger partial charge in [-0.3, -0.25) is 10.1 Å². The molecule has 0 unspecified atom stereocenters. The Morgan fingerprint density at radius 2 is 1.76 bits per heavy atom. The van der Waals surface area contributed by atoms with Crippen LogP contribution in [0.25, 0.3) is 0 Å². The maximum absolute atomic E-state index is 11.0. The van der Waals surface area contributed by atoms with Crippen LogP contribution in [-0.4, -0.2) is 21.1 Å². The van der Waals surface area contributed by atoms with Gasteiger partial charge in [-0.1, -0.05) is 12.1 Å². The monoisotopic (exact) mass is 289 g/mol. The van der Waals surface area contributed by atoms with Crippen molar-refractivity contribution in [1.82, 2.24) is 0 Å². The van der Waals surface area contributed by atoms with E-state index < -0.39 is 22.1 Å². The summed E-state index contributed by atoms with van der Waals surface area (Å²) in [6.45, 7) is -0.0963. The molecule has 0 heterocycles. The first-order valence-electron chi connectivity index (χ1n) is 5.90. The number of rotatable bonds is 5. The molecule has 0 bridgehead atoms. The van der Waals surface area contributed by atoms with E-state index in [2.05, 4.69) is 0 Å². The molecule has 7 nitrogen and oxygen atoms in total. The van der Waals surface area contributed by atoms with E-state index in [9.17, 15) is 14.9 Å². The maximum atomic E-state index is 11.0. The molecular formula is C14H11NO6. The Kier molecular flexibility index (Phi) is 4.15. The van der Waals surface area contributed by atoms with E-state index >= 15 is 0 Å². The number of benzene rings is 2. The van der Waals surface area contributed by atoms with Gasteiger partial charge in [-0.2, -0.15) is 0 Å². The summed E-state index contributed by atoms with van der Waals surface area (Å²) >= 11 is 0. The second-order valence-corrected chi connectivity index (χ2v) is 4.15. The number of nitro benzene ring substituents is 1. The lowest BCUT2D eigenvalue weighted by molar-refractivity contribution is -0.385. The highest BCUT2D eigenvalue weighted by atomic mass is 16.6. The van der Waals surface area contributed by atoms with Gasteiger partial charge in [0.25, 0.3) is 5.69 Å². The Hall–Kier alpha value is -2.93. The second-order valence-electron chi connectivity index (χ2n) is 4.15. The van der Waals surface area contributed by atoms with Crippen LogP contribution in [0.15, 0.2) is 42.5 Å². The van der Waals surface area contributed by atoms with E-state index in [1.165, 1.54) is 6.07 Å². The third-order valence-electron chi connectivity index (χ3n) is 2.74. The summed E-state index contributed by atoms with van der Waals surface area (Å²) in [6.07, 6.45) is 0. The molecule has 0 aliphatic carbocycles. The predicted molar refractivity (Wildman–Crippen MR) is 72.5 cm³/mol. The van der Waals surface area contributed by atoms with Gasteiger partial charge in [0, 0.05) is 12.1 Å². The number of carboxylic acids is 1. The lowest BCUT2D eigenvalue weighted by Gasteiger charge is -2.07. The average Bonchev–Trinajstić information content (AvgIpc) is 2.47. The molecule has 0 aliphatic heterocycles. The Morgan fingerprint density at radius 3 is 2.29 bits per heavy atom. The molecule has 0 radical (unpaired) electrons. The number of hydrogen-bond donors (Lipinski definition) is 2. The first-order chi connectivity index (χ1) is 10.0. The molecule has 0 fully saturated rings. The molecule has 7 heteroatoms. The summed E-state index contributed by atoms with van der Waals surface area (Å²) in [7, 11) is 0. The number of carbonyl (C=O) groups is 1. The predicted octanol–water partition coefficient (Wildman–Crippen LogP) is 2.58. The number of nitro groups is 1. The zero-order valence-corrected chi connectivity index (χ0v) is 10.7. The van der Waals surface area contributed by atoms with Crippen LogP contribution in [0.5, 0.6) is 11.5 Å². The Bertz CT molecular complexity index is 680. The molecule has 0 saturated carbocycles. The minimum Gasteiger partial charge on any atom is -0.477 e. The van der Waals surface area contributed by atoms with E-state index in [1.54, 1.807) is 24.3 Å². The molecular weight excluding hydrogens is 278 g/mol. The summed E-state index contributed by atoms with van der Waals surface area (Å²) < 4.78 is 5.44. The van der Waals surface area contributed by atoms with Crippen LogP contribution in [0.3, 0.4) is 0 Å². The molecule has 2 N–H and O–H groups in total. The highest BCUT2D eigenvalue weighted by Crippen LogP contribution is 2.27. The summed E-state index contributed by atoms with van der Waals surface area (Å²) in [4.78, 5) is 21.0. The quantitative estimate of drug-likeness (QED) is 0.646. The molecule has 21 heavy (non-hydrogen) atoms. The highest BCUT2D eigenvalue weighted by molar-refractivity contribution is 5.92. The van der Waals surface area contributed by atoms with Gasteiger partial charge in [0.2, 0.25) is 0 Å². The molecule has 0 aliphatic rings. The van der Waals surface area contributed by atoms with Crippen molar-refractivity contribution in [2.45, 2.75) is 6.61 Å². The molecule has 0 aromatic heterocycles. The maximum Gasteiger partial charge on any atom is 0.342 e. The zero-order chi connectivity index (χ0) is 15.4. The fourth-order valence-electron chi connectivity index (χ4n) is 1.71. The summed E-state index contributed by atoms with van der Waals surface area (Å²) in [5.74, 6) is -0.796. The number of hydrogen-bond acceptors (Lipinski definition) is 5. The van der Waals surface area contributed by atoms with Crippen molar-refractivity contribution in [3.63, 3.8) is 0 Å². The van der Waals surface area contributed by atoms with Crippen molar-refractivity contribution in [3.05, 3.63) is 63.7 Å². The van der Waals surface area contributed by atoms with Gasteiger partial charge in [0.1, 0.15) is 17.1 Å². The van der Waals surface area contributed by atoms with Crippen LogP contribution in [0.1, 0.15) is 15.9 Å². The Labute approximate surface area is 119 Å². The van der Waals surface area contributed by atoms with Gasteiger partial charge < -0.3 is 14.9 Å². The lowest BCUT2D eigenvalue weighted by Crippen LogP contribution is -2.02. The Morgan fingerprint density at radius 1 is 1.14 bits per heavy atom. The third kappa shape index (κ3) is 3.34. The third-order valence-corrected chi connectivity index (χ3v) is 2.74. The van der Waals surface area contributed by atoms with Gasteiger partial charge >= 0.3 is 5.97 Å². The van der Waals surface area contributed by atoms with Crippen molar-refractivity contribution >= 4 is 11.7 Å². The lowest BCUT2D eigenvalue weighted by atomic mass is 10.1. The number of carboxylic acid groups (broad SMARTS) is 1. The molecule has 0 atom stereocenters. The first kappa shape index (κ1) is 14.5. The highest BCUT2D eigenvalue weighted by Gasteiger charge is 2.20. The van der Waals surface area contributed by atoms with Crippen LogP contribution in [0.2, 0.25) is 0 Å². The SMILES string of the molecule is O=C(O)c1cc(Oc2ccc(CO)cc2)ccc1[N+](=O)[O-]. The largest absolute Gasteiger partial charge is 0.477 e. The van der Waals surface area contributed by atoms with Crippen LogP contribution in [0, 0.1) is 10.1 Å². The van der Waals surface area contributed by atoms with E-state index in [1.807, 2.05) is 0 Å². The first-order valence-corrected chi connectivity index (χ1v) is 5.90. The Balaban J connectivity index is 2.29. The van der Waals surface area contributed by atoms with Gasteiger partial charge in [-0.15, -0.1) is 0 Å². The minimum absolute atomic E-state index is 0.0963. The fraction of sp³-hybridized carbons (Fsp3) is 0.0714. The second kappa shape index (κ2) is 6.02. The molecule has 2 aromatic carbocycles. The van der Waals surface area contributed by atoms with Crippen LogP contribution >= 0.6 is 0 Å². The number of aliphatic hydroxyl groups excluding tert-OH is 1. The fourth-order valence-corrected chi connectivity index (χ4v) is 1.71. The van der Waals surface area contributed by atoms with Gasteiger partial charge in [0.05, 0.1) is 11.5 Å². The summed E-state index contributed by atoms with van der Waals surface area (Å²) in [5.41, 5.74) is -0.229. The number of nitrogens with zero attached hydrogens (tertiary/aromatic N) is 1. The normalized spacial score (nSPS) is 10.1. The van der Waals surface area contributed by atoms with Gasteiger partial charge in [-0.25, -0.2) is 4.79 Å². The van der Waals surface area contributed by atoms with Crippen molar-refractivity contribution in [1.29, 1.82) is 0 Å².